The van der Waals surface area contributed by atoms with E-state index >= 15 is 0 Å². The molecule has 0 aromatic rings. The summed E-state index contributed by atoms with van der Waals surface area (Å²) in [6, 6.07) is -0.992. The number of carbonyl (C=O) groups excluding carboxylic acids is 2. The molecule has 1 amide bonds. The summed E-state index contributed by atoms with van der Waals surface area (Å²) in [5.74, 6) is -0.907. The zero-order valence-corrected chi connectivity index (χ0v) is 11.7. The lowest BCUT2D eigenvalue weighted by Gasteiger charge is -2.16. The fourth-order valence-corrected chi connectivity index (χ4v) is 1.38. The molecule has 1 atom stereocenters. The van der Waals surface area contributed by atoms with Gasteiger partial charge in [-0.2, -0.15) is 4.91 Å². The Morgan fingerprint density at radius 1 is 1.37 bits per heavy atom. The zero-order valence-electron chi connectivity index (χ0n) is 11.7. The number of hydrogen-bond acceptors (Lipinski definition) is 5. The Morgan fingerprint density at radius 3 is 2.58 bits per heavy atom. The van der Waals surface area contributed by atoms with Crippen LogP contribution in [0.2, 0.25) is 0 Å². The molecule has 0 aromatic carbocycles. The molecule has 0 aliphatic rings. The van der Waals surface area contributed by atoms with Crippen LogP contribution < -0.4 is 5.32 Å². The molecule has 0 bridgehead atoms. The first-order chi connectivity index (χ1) is 9.01. The maximum absolute atomic E-state index is 11.6. The minimum Gasteiger partial charge on any atom is -0.461 e. The van der Waals surface area contributed by atoms with Crippen molar-refractivity contribution in [2.24, 2.45) is 5.18 Å². The smallest absolute Gasteiger partial charge is 0.330 e. The van der Waals surface area contributed by atoms with Gasteiger partial charge < -0.3 is 10.1 Å². The van der Waals surface area contributed by atoms with Crippen molar-refractivity contribution in [2.75, 3.05) is 6.54 Å². The number of nitrogens with one attached hydrogen (secondary N) is 1. The summed E-state index contributed by atoms with van der Waals surface area (Å²) in [7, 11) is 0. The highest BCUT2D eigenvalue weighted by Gasteiger charge is 2.23. The first-order valence-corrected chi connectivity index (χ1v) is 6.41. The number of allylic oxidation sites excluding steroid dienone is 2. The Morgan fingerprint density at radius 2 is 2.05 bits per heavy atom. The second-order valence-corrected chi connectivity index (χ2v) is 4.38. The van der Waals surface area contributed by atoms with Crippen LogP contribution in [0.15, 0.2) is 17.3 Å². The van der Waals surface area contributed by atoms with Gasteiger partial charge in [0, 0.05) is 6.42 Å². The highest BCUT2D eigenvalue weighted by molar-refractivity contribution is 5.84. The van der Waals surface area contributed by atoms with Crippen molar-refractivity contribution in [3.63, 3.8) is 0 Å². The molecule has 0 aliphatic heterocycles. The quantitative estimate of drug-likeness (QED) is 0.300. The van der Waals surface area contributed by atoms with Crippen molar-refractivity contribution < 1.29 is 14.3 Å². The molecule has 6 nitrogen and oxygen atoms in total. The highest BCUT2D eigenvalue weighted by atomic mass is 16.5. The largest absolute Gasteiger partial charge is 0.461 e. The summed E-state index contributed by atoms with van der Waals surface area (Å²) in [6.07, 6.45) is 5.37. The van der Waals surface area contributed by atoms with Crippen LogP contribution in [0.5, 0.6) is 0 Å². The first kappa shape index (κ1) is 17.3. The van der Waals surface area contributed by atoms with Crippen LogP contribution >= 0.6 is 0 Å². The molecule has 0 radical (unpaired) electrons. The molecule has 0 spiro atoms. The van der Waals surface area contributed by atoms with Gasteiger partial charge in [-0.25, -0.2) is 4.79 Å². The molecule has 0 fully saturated rings. The Balaban J connectivity index is 4.21. The summed E-state index contributed by atoms with van der Waals surface area (Å²) >= 11 is 0. The summed E-state index contributed by atoms with van der Waals surface area (Å²) in [5, 5.41) is 5.12. The normalized spacial score (nSPS) is 12.4. The van der Waals surface area contributed by atoms with Gasteiger partial charge in [0.1, 0.15) is 12.6 Å². The van der Waals surface area contributed by atoms with E-state index < -0.39 is 12.0 Å². The van der Waals surface area contributed by atoms with E-state index in [1.165, 1.54) is 0 Å². The number of nitrogens with zero attached hydrogens (tertiary/aromatic N) is 1. The number of amides is 1. The van der Waals surface area contributed by atoms with Crippen molar-refractivity contribution in [3.05, 3.63) is 17.1 Å². The Kier molecular flexibility index (Phi) is 9.30. The monoisotopic (exact) mass is 270 g/mol. The minimum atomic E-state index is -0.992. The van der Waals surface area contributed by atoms with Crippen molar-refractivity contribution in [2.45, 2.75) is 52.2 Å². The fraction of sp³-hybridized carbons (Fsp3) is 0.692. The average Bonchev–Trinajstić information content (AvgIpc) is 2.33. The van der Waals surface area contributed by atoms with Crippen LogP contribution in [0.1, 0.15) is 40.0 Å². The first-order valence-electron chi connectivity index (χ1n) is 6.41. The number of nitroso groups, excluding NO2 is 1. The van der Waals surface area contributed by atoms with Gasteiger partial charge in [-0.15, -0.1) is 0 Å². The van der Waals surface area contributed by atoms with Crippen LogP contribution in [-0.4, -0.2) is 30.6 Å². The molecule has 108 valence electrons. The van der Waals surface area contributed by atoms with E-state index in [4.69, 9.17) is 4.74 Å². The minimum absolute atomic E-state index is 0.279. The molecule has 0 rings (SSSR count). The van der Waals surface area contributed by atoms with Crippen LogP contribution in [0.25, 0.3) is 0 Å². The fourth-order valence-electron chi connectivity index (χ4n) is 1.38. The van der Waals surface area contributed by atoms with E-state index in [2.05, 4.69) is 10.5 Å². The van der Waals surface area contributed by atoms with E-state index in [9.17, 15) is 14.5 Å². The van der Waals surface area contributed by atoms with E-state index in [1.54, 1.807) is 13.8 Å². The number of unbranched alkanes of at least 4 members (excludes halogenated alkanes) is 1. The van der Waals surface area contributed by atoms with Crippen molar-refractivity contribution in [1.29, 1.82) is 0 Å². The van der Waals surface area contributed by atoms with Gasteiger partial charge in [0.15, 0.2) is 0 Å². The Labute approximate surface area is 113 Å². The number of ether oxygens (including phenoxy) is 1. The number of hydrogen-bond donors (Lipinski definition) is 1. The van der Waals surface area contributed by atoms with Crippen molar-refractivity contribution in [3.8, 4) is 0 Å². The second kappa shape index (κ2) is 10.2. The van der Waals surface area contributed by atoms with Crippen molar-refractivity contribution >= 4 is 11.9 Å². The van der Waals surface area contributed by atoms with Gasteiger partial charge in [-0.1, -0.05) is 17.3 Å². The SMILES string of the molecule is C/C=C\CCCC(=O)N[C@H](CN=O)C(=O)OC(C)C. The third-order valence-electron chi connectivity index (χ3n) is 2.24. The standard InChI is InChI=1S/C13H22N2O4/c1-4-5-6-7-8-12(16)15-11(9-14-18)13(17)19-10(2)3/h4-5,10-11H,6-9H2,1-3H3,(H,15,16)/b5-4-/t11-/m1/s1. The Hall–Kier alpha value is -1.72. The van der Waals surface area contributed by atoms with Crippen LogP contribution in [0.4, 0.5) is 0 Å². The molecular formula is C13H22N2O4. The van der Waals surface area contributed by atoms with E-state index in [0.717, 1.165) is 6.42 Å². The second-order valence-electron chi connectivity index (χ2n) is 4.38. The molecule has 0 saturated heterocycles. The van der Waals surface area contributed by atoms with Crippen molar-refractivity contribution in [1.82, 2.24) is 5.32 Å². The lowest BCUT2D eigenvalue weighted by Crippen LogP contribution is -2.44. The summed E-state index contributed by atoms with van der Waals surface area (Å²) in [6.45, 7) is 4.99. The number of carbonyl (C=O) groups is 2. The van der Waals surface area contributed by atoms with Gasteiger partial charge in [0.25, 0.3) is 0 Å². The van der Waals surface area contributed by atoms with Crippen LogP contribution in [0, 0.1) is 4.91 Å². The lowest BCUT2D eigenvalue weighted by atomic mass is 10.2. The summed E-state index contributed by atoms with van der Waals surface area (Å²) < 4.78 is 4.95. The third kappa shape index (κ3) is 8.93. The maximum atomic E-state index is 11.6. The molecule has 0 saturated carbocycles. The summed E-state index contributed by atoms with van der Waals surface area (Å²) in [5.41, 5.74) is 0. The van der Waals surface area contributed by atoms with Gasteiger partial charge in [-0.05, 0) is 33.6 Å². The predicted molar refractivity (Wildman–Crippen MR) is 72.5 cm³/mol. The van der Waals surface area contributed by atoms with Gasteiger partial charge in [0.2, 0.25) is 5.91 Å². The maximum Gasteiger partial charge on any atom is 0.330 e. The molecular weight excluding hydrogens is 248 g/mol. The average molecular weight is 270 g/mol. The van der Waals surface area contributed by atoms with Crippen LogP contribution in [-0.2, 0) is 14.3 Å². The van der Waals surface area contributed by atoms with E-state index in [1.807, 2.05) is 19.1 Å². The van der Waals surface area contributed by atoms with Gasteiger partial charge in [-0.3, -0.25) is 4.79 Å². The molecule has 1 N–H and O–H groups in total. The van der Waals surface area contributed by atoms with Crippen LogP contribution in [0.3, 0.4) is 0 Å². The number of rotatable bonds is 9. The molecule has 0 heterocycles. The Bertz CT molecular complexity index is 327. The molecule has 19 heavy (non-hydrogen) atoms. The highest BCUT2D eigenvalue weighted by Crippen LogP contribution is 2.00. The molecule has 6 heteroatoms. The lowest BCUT2D eigenvalue weighted by molar-refractivity contribution is -0.151. The molecule has 0 aromatic heterocycles. The predicted octanol–water partition coefficient (Wildman–Crippen LogP) is 1.94. The van der Waals surface area contributed by atoms with E-state index in [-0.39, 0.29) is 18.6 Å². The molecule has 0 unspecified atom stereocenters. The number of esters is 1. The van der Waals surface area contributed by atoms with Gasteiger partial charge >= 0.3 is 5.97 Å². The third-order valence-corrected chi connectivity index (χ3v) is 2.24. The van der Waals surface area contributed by atoms with E-state index in [0.29, 0.717) is 12.8 Å². The van der Waals surface area contributed by atoms with Gasteiger partial charge in [0.05, 0.1) is 6.10 Å². The topological polar surface area (TPSA) is 84.8 Å². The summed E-state index contributed by atoms with van der Waals surface area (Å²) in [4.78, 5) is 33.5. The zero-order chi connectivity index (χ0) is 14.7. The molecule has 0 aliphatic carbocycles.